The van der Waals surface area contributed by atoms with E-state index < -0.39 is 0 Å². The van der Waals surface area contributed by atoms with Gasteiger partial charge in [0.1, 0.15) is 0 Å². The Morgan fingerprint density at radius 1 is 1.19 bits per heavy atom. The van der Waals surface area contributed by atoms with Crippen molar-refractivity contribution < 1.29 is 4.79 Å². The predicted molar refractivity (Wildman–Crippen MR) is 67.8 cm³/mol. The van der Waals surface area contributed by atoms with E-state index in [1.807, 2.05) is 43.3 Å². The fourth-order valence-electron chi connectivity index (χ4n) is 1.95. The van der Waals surface area contributed by atoms with E-state index in [1.165, 1.54) is 5.39 Å². The van der Waals surface area contributed by atoms with Crippen LogP contribution in [0.15, 0.2) is 42.5 Å². The Bertz CT molecular complexity index is 519. The van der Waals surface area contributed by atoms with Crippen molar-refractivity contribution in [1.29, 1.82) is 0 Å². The molecule has 2 rings (SSSR count). The van der Waals surface area contributed by atoms with Crippen molar-refractivity contribution in [1.82, 2.24) is 0 Å². The predicted octanol–water partition coefficient (Wildman–Crippen LogP) is 4.10. The largest absolute Gasteiger partial charge is 0.281 e. The van der Waals surface area contributed by atoms with Crippen molar-refractivity contribution in [2.24, 2.45) is 0 Å². The van der Waals surface area contributed by atoms with Gasteiger partial charge in [-0.25, -0.2) is 0 Å². The smallest absolute Gasteiger partial charge is 0.229 e. The average Bonchev–Trinajstić information content (AvgIpc) is 2.29. The lowest BCUT2D eigenvalue weighted by Gasteiger charge is -2.11. The maximum absolute atomic E-state index is 11.3. The number of carbonyl (C=O) groups is 1. The van der Waals surface area contributed by atoms with Crippen LogP contribution in [0.3, 0.4) is 0 Å². The van der Waals surface area contributed by atoms with Crippen LogP contribution < -0.4 is 0 Å². The van der Waals surface area contributed by atoms with Gasteiger partial charge in [0.05, 0.1) is 5.92 Å². The Balaban J connectivity index is 2.49. The Morgan fingerprint density at radius 3 is 2.50 bits per heavy atom. The topological polar surface area (TPSA) is 17.1 Å². The van der Waals surface area contributed by atoms with Gasteiger partial charge in [-0.05, 0) is 34.4 Å². The molecule has 82 valence electrons. The van der Waals surface area contributed by atoms with Crippen molar-refractivity contribution in [3.63, 3.8) is 0 Å². The quantitative estimate of drug-likeness (QED) is 0.729. The van der Waals surface area contributed by atoms with Gasteiger partial charge >= 0.3 is 0 Å². The first-order chi connectivity index (χ1) is 7.72. The van der Waals surface area contributed by atoms with Crippen molar-refractivity contribution in [3.8, 4) is 0 Å². The molecule has 0 heterocycles. The highest BCUT2D eigenvalue weighted by Gasteiger charge is 2.16. The molecule has 1 nitrogen and oxygen atoms in total. The maximum atomic E-state index is 11.3. The molecule has 16 heavy (non-hydrogen) atoms. The van der Waals surface area contributed by atoms with Crippen LogP contribution in [-0.4, -0.2) is 5.24 Å². The van der Waals surface area contributed by atoms with Gasteiger partial charge in [0.25, 0.3) is 0 Å². The van der Waals surface area contributed by atoms with Crippen LogP contribution in [0.5, 0.6) is 0 Å². The normalized spacial score (nSPS) is 12.6. The Kier molecular flexibility index (Phi) is 3.25. The van der Waals surface area contributed by atoms with E-state index in [1.54, 1.807) is 0 Å². The van der Waals surface area contributed by atoms with Crippen LogP contribution in [-0.2, 0) is 4.79 Å². The van der Waals surface area contributed by atoms with E-state index in [4.69, 9.17) is 11.6 Å². The van der Waals surface area contributed by atoms with Gasteiger partial charge < -0.3 is 0 Å². The van der Waals surface area contributed by atoms with Gasteiger partial charge in [0.15, 0.2) is 0 Å². The van der Waals surface area contributed by atoms with Gasteiger partial charge in [0, 0.05) is 0 Å². The lowest BCUT2D eigenvalue weighted by Crippen LogP contribution is -2.04. The van der Waals surface area contributed by atoms with Crippen LogP contribution in [0.4, 0.5) is 0 Å². The molecule has 1 atom stereocenters. The summed E-state index contributed by atoms with van der Waals surface area (Å²) in [6.45, 7) is 1.97. The highest BCUT2D eigenvalue weighted by molar-refractivity contribution is 6.64. The first-order valence-electron chi connectivity index (χ1n) is 5.40. The van der Waals surface area contributed by atoms with E-state index in [0.29, 0.717) is 0 Å². The zero-order valence-corrected chi connectivity index (χ0v) is 9.87. The number of benzene rings is 2. The molecule has 2 heteroatoms. The summed E-state index contributed by atoms with van der Waals surface area (Å²) >= 11 is 5.59. The molecule has 2 aromatic carbocycles. The second-order valence-corrected chi connectivity index (χ2v) is 4.24. The van der Waals surface area contributed by atoms with Crippen LogP contribution in [0.25, 0.3) is 10.8 Å². The molecular formula is C14H13ClO. The van der Waals surface area contributed by atoms with Crippen LogP contribution in [0.2, 0.25) is 0 Å². The summed E-state index contributed by atoms with van der Waals surface area (Å²) in [4.78, 5) is 11.3. The maximum Gasteiger partial charge on any atom is 0.229 e. The Hall–Kier alpha value is -1.34. The molecule has 0 saturated carbocycles. The molecule has 1 unspecified atom stereocenters. The third kappa shape index (κ3) is 2.10. The molecule has 0 bridgehead atoms. The molecule has 0 aliphatic rings. The van der Waals surface area contributed by atoms with Gasteiger partial charge in [-0.1, -0.05) is 49.4 Å². The summed E-state index contributed by atoms with van der Waals surface area (Å²) in [6.07, 6.45) is 0.737. The summed E-state index contributed by atoms with van der Waals surface area (Å²) in [5.41, 5.74) is 1.00. The second kappa shape index (κ2) is 4.67. The Labute approximate surface area is 100 Å². The molecule has 2 aromatic rings. The van der Waals surface area contributed by atoms with Crippen LogP contribution >= 0.6 is 11.6 Å². The van der Waals surface area contributed by atoms with Crippen molar-refractivity contribution in [3.05, 3.63) is 48.0 Å². The monoisotopic (exact) mass is 232 g/mol. The number of hydrogen-bond donors (Lipinski definition) is 0. The fraction of sp³-hybridized carbons (Fsp3) is 0.214. The third-order valence-electron chi connectivity index (χ3n) is 2.86. The summed E-state index contributed by atoms with van der Waals surface area (Å²) < 4.78 is 0. The number of halogens is 1. The summed E-state index contributed by atoms with van der Waals surface area (Å²) in [5.74, 6) is -0.189. The Morgan fingerprint density at radius 2 is 1.88 bits per heavy atom. The fourth-order valence-corrected chi connectivity index (χ4v) is 2.23. The first kappa shape index (κ1) is 11.2. The lowest BCUT2D eigenvalue weighted by molar-refractivity contribution is -0.113. The molecule has 0 radical (unpaired) electrons. The van der Waals surface area contributed by atoms with Gasteiger partial charge in [-0.3, -0.25) is 4.79 Å². The van der Waals surface area contributed by atoms with E-state index in [0.717, 1.165) is 17.4 Å². The molecule has 0 spiro atoms. The first-order valence-corrected chi connectivity index (χ1v) is 5.78. The molecule has 0 saturated heterocycles. The molecule has 0 aromatic heterocycles. The molecular weight excluding hydrogens is 220 g/mol. The number of hydrogen-bond acceptors (Lipinski definition) is 1. The minimum Gasteiger partial charge on any atom is -0.281 e. The van der Waals surface area contributed by atoms with Crippen molar-refractivity contribution in [2.45, 2.75) is 19.3 Å². The SMILES string of the molecule is CCC(C(=O)Cl)c1ccc2ccccc2c1. The van der Waals surface area contributed by atoms with E-state index >= 15 is 0 Å². The van der Waals surface area contributed by atoms with Crippen LogP contribution in [0.1, 0.15) is 24.8 Å². The average molecular weight is 233 g/mol. The molecule has 0 amide bonds. The summed E-state index contributed by atoms with van der Waals surface area (Å²) in [5, 5.41) is 2.05. The summed E-state index contributed by atoms with van der Waals surface area (Å²) in [7, 11) is 0. The number of fused-ring (bicyclic) bond motifs is 1. The minimum atomic E-state index is -0.280. The highest BCUT2D eigenvalue weighted by atomic mass is 35.5. The van der Waals surface area contributed by atoms with E-state index in [2.05, 4.69) is 6.07 Å². The molecule has 0 aliphatic heterocycles. The zero-order valence-electron chi connectivity index (χ0n) is 9.11. The number of rotatable bonds is 3. The lowest BCUT2D eigenvalue weighted by atomic mass is 9.95. The van der Waals surface area contributed by atoms with Crippen molar-refractivity contribution in [2.75, 3.05) is 0 Å². The molecule has 0 N–H and O–H groups in total. The third-order valence-corrected chi connectivity index (χ3v) is 3.12. The van der Waals surface area contributed by atoms with E-state index in [9.17, 15) is 4.79 Å². The van der Waals surface area contributed by atoms with Gasteiger partial charge in [0.2, 0.25) is 5.24 Å². The number of carbonyl (C=O) groups excluding carboxylic acids is 1. The van der Waals surface area contributed by atoms with Crippen molar-refractivity contribution >= 4 is 27.6 Å². The minimum absolute atomic E-state index is 0.189. The zero-order chi connectivity index (χ0) is 11.5. The summed E-state index contributed by atoms with van der Waals surface area (Å²) in [6, 6.07) is 14.2. The van der Waals surface area contributed by atoms with E-state index in [-0.39, 0.29) is 11.2 Å². The van der Waals surface area contributed by atoms with Crippen LogP contribution in [0, 0.1) is 0 Å². The standard InChI is InChI=1S/C14H13ClO/c1-2-13(14(15)16)12-8-7-10-5-3-4-6-11(10)9-12/h3-9,13H,2H2,1H3. The molecule has 0 aliphatic carbocycles. The second-order valence-electron chi connectivity index (χ2n) is 3.87. The van der Waals surface area contributed by atoms with Gasteiger partial charge in [-0.2, -0.15) is 0 Å². The highest BCUT2D eigenvalue weighted by Crippen LogP contribution is 2.25. The van der Waals surface area contributed by atoms with Gasteiger partial charge in [-0.15, -0.1) is 0 Å². The molecule has 0 fully saturated rings.